The van der Waals surface area contributed by atoms with Gasteiger partial charge < -0.3 is 33.0 Å². The second-order valence-corrected chi connectivity index (χ2v) is 3.42. The molecule has 0 bridgehead atoms. The van der Waals surface area contributed by atoms with Gasteiger partial charge in [0.2, 0.25) is 0 Å². The first-order valence-corrected chi connectivity index (χ1v) is 4.38. The van der Waals surface area contributed by atoms with Gasteiger partial charge in [-0.2, -0.15) is 0 Å². The molecular formula is CoO7P2Zn. The molecule has 0 spiro atoms. The zero-order valence-corrected chi connectivity index (χ0v) is 10.6. The summed E-state index contributed by atoms with van der Waals surface area (Å²) < 4.78 is 21.2. The Morgan fingerprint density at radius 2 is 1.09 bits per heavy atom. The van der Waals surface area contributed by atoms with E-state index in [1.54, 1.807) is 0 Å². The molecule has 1 radical (unpaired) electrons. The van der Waals surface area contributed by atoms with Crippen LogP contribution in [0.2, 0.25) is 0 Å². The van der Waals surface area contributed by atoms with Crippen LogP contribution in [0.15, 0.2) is 0 Å². The number of hydrogen-bond acceptors (Lipinski definition) is 7. The van der Waals surface area contributed by atoms with Crippen molar-refractivity contribution in [3.8, 4) is 0 Å². The van der Waals surface area contributed by atoms with Gasteiger partial charge in [0.05, 0.1) is 15.6 Å². The molecule has 0 saturated carbocycles. The van der Waals surface area contributed by atoms with Crippen molar-refractivity contribution >= 4 is 15.6 Å². The largest absolute Gasteiger partial charge is 2.00 e. The molecule has 0 aliphatic carbocycles. The third-order valence-corrected chi connectivity index (χ3v) is 1.80. The van der Waals surface area contributed by atoms with Crippen molar-refractivity contribution in [2.75, 3.05) is 0 Å². The summed E-state index contributed by atoms with van der Waals surface area (Å²) in [5.41, 5.74) is 0. The van der Waals surface area contributed by atoms with Crippen LogP contribution in [-0.4, -0.2) is 0 Å². The molecular weight excluding hydrogens is 298 g/mol. The van der Waals surface area contributed by atoms with Crippen LogP contribution in [0.25, 0.3) is 0 Å². The monoisotopic (exact) mass is 297 g/mol. The fourth-order valence-electron chi connectivity index (χ4n) is 0.122. The van der Waals surface area contributed by atoms with Crippen molar-refractivity contribution in [2.24, 2.45) is 0 Å². The van der Waals surface area contributed by atoms with Crippen LogP contribution in [0.1, 0.15) is 0 Å². The summed E-state index contributed by atoms with van der Waals surface area (Å²) in [4.78, 5) is 37.3. The molecule has 11 heavy (non-hydrogen) atoms. The minimum Gasteiger partial charge on any atom is -0.790 e. The van der Waals surface area contributed by atoms with Gasteiger partial charge in [0, 0.05) is 0 Å². The number of hydrogen-bond donors (Lipinski definition) is 0. The van der Waals surface area contributed by atoms with E-state index in [-0.39, 0.29) is 36.3 Å². The average Bonchev–Trinajstić information content (AvgIpc) is 1.14. The Morgan fingerprint density at radius 1 is 0.909 bits per heavy atom. The summed E-state index contributed by atoms with van der Waals surface area (Å²) in [5.74, 6) is 0. The zero-order chi connectivity index (χ0) is 7.71. The predicted octanol–water partition coefficient (Wildman–Crippen LogP) is -3.34. The average molecular weight is 298 g/mol. The minimum absolute atomic E-state index is 0. The third kappa shape index (κ3) is 18.4. The van der Waals surface area contributed by atoms with Crippen LogP contribution in [0.4, 0.5) is 0 Å². The molecule has 0 amide bonds. The molecule has 0 aromatic rings. The SMILES string of the molecule is O=P([O-])([O-])OP(=O)([O-])[O-].[Co+2].[Zn+2]. The van der Waals surface area contributed by atoms with E-state index in [0.717, 1.165) is 0 Å². The Hall–Kier alpha value is 1.39. The number of phosphoric acid groups is 2. The topological polar surface area (TPSA) is 136 Å². The van der Waals surface area contributed by atoms with E-state index >= 15 is 0 Å². The van der Waals surface area contributed by atoms with Gasteiger partial charge in [0.25, 0.3) is 0 Å². The van der Waals surface area contributed by atoms with E-state index in [1.165, 1.54) is 0 Å². The minimum atomic E-state index is -5.68. The van der Waals surface area contributed by atoms with E-state index in [4.69, 9.17) is 0 Å². The van der Waals surface area contributed by atoms with Crippen LogP contribution < -0.4 is 19.6 Å². The molecule has 0 rings (SSSR count). The van der Waals surface area contributed by atoms with Crippen molar-refractivity contribution in [1.82, 2.24) is 0 Å². The maximum absolute atomic E-state index is 9.32. The molecule has 0 atom stereocenters. The summed E-state index contributed by atoms with van der Waals surface area (Å²) in [5, 5.41) is 0. The molecule has 0 aromatic carbocycles. The summed E-state index contributed by atoms with van der Waals surface area (Å²) >= 11 is 0. The maximum atomic E-state index is 9.32. The van der Waals surface area contributed by atoms with Crippen molar-refractivity contribution in [3.05, 3.63) is 0 Å². The van der Waals surface area contributed by atoms with Crippen molar-refractivity contribution in [1.29, 1.82) is 0 Å². The predicted molar refractivity (Wildman–Crippen MR) is 16.3 cm³/mol. The van der Waals surface area contributed by atoms with Crippen LogP contribution in [0.5, 0.6) is 0 Å². The molecule has 11 heteroatoms. The first kappa shape index (κ1) is 18.2. The fourth-order valence-corrected chi connectivity index (χ4v) is 1.10. The summed E-state index contributed by atoms with van der Waals surface area (Å²) in [7, 11) is -11.4. The van der Waals surface area contributed by atoms with Crippen LogP contribution in [0.3, 0.4) is 0 Å². The van der Waals surface area contributed by atoms with Gasteiger partial charge >= 0.3 is 36.3 Å². The molecule has 0 N–H and O–H groups in total. The first-order valence-electron chi connectivity index (χ1n) is 1.46. The van der Waals surface area contributed by atoms with Gasteiger partial charge in [-0.25, -0.2) is 0 Å². The second kappa shape index (κ2) is 5.94. The fraction of sp³-hybridized carbons (Fsp3) is 0. The summed E-state index contributed by atoms with van der Waals surface area (Å²) in [6, 6.07) is 0. The summed E-state index contributed by atoms with van der Waals surface area (Å²) in [6.07, 6.45) is 0. The van der Waals surface area contributed by atoms with Crippen LogP contribution in [0, 0.1) is 0 Å². The molecule has 63 valence electrons. The van der Waals surface area contributed by atoms with Crippen LogP contribution in [-0.2, 0) is 49.7 Å². The zero-order valence-electron chi connectivity index (χ0n) is 4.79. The Balaban J connectivity index is -0.000000320. The number of rotatable bonds is 2. The van der Waals surface area contributed by atoms with E-state index in [0.29, 0.717) is 0 Å². The van der Waals surface area contributed by atoms with Gasteiger partial charge in [-0.1, -0.05) is 0 Å². The van der Waals surface area contributed by atoms with Gasteiger partial charge in [-0.3, -0.25) is 0 Å². The quantitative estimate of drug-likeness (QED) is 0.384. The standard InChI is InChI=1S/Co.H4O7P2.Zn/c;1-8(2,3)7-9(4,5)6;/h;(H2,1,2,3)(H2,4,5,6);/q+2;;+2/p-4. The second-order valence-electron chi connectivity index (χ2n) is 0.976. The molecule has 0 unspecified atom stereocenters. The van der Waals surface area contributed by atoms with Crippen LogP contribution >= 0.6 is 15.6 Å². The van der Waals surface area contributed by atoms with Gasteiger partial charge in [0.15, 0.2) is 0 Å². The molecule has 0 aliphatic heterocycles. The smallest absolute Gasteiger partial charge is 0.790 e. The Labute approximate surface area is 85.0 Å². The summed E-state index contributed by atoms with van der Waals surface area (Å²) in [6.45, 7) is 0. The molecule has 7 nitrogen and oxygen atoms in total. The van der Waals surface area contributed by atoms with Gasteiger partial charge in [-0.15, -0.1) is 0 Å². The molecule has 0 saturated heterocycles. The molecule has 0 aliphatic rings. The molecule has 0 fully saturated rings. The van der Waals surface area contributed by atoms with E-state index in [9.17, 15) is 28.7 Å². The third-order valence-electron chi connectivity index (χ3n) is 0.200. The Morgan fingerprint density at radius 3 is 1.09 bits per heavy atom. The van der Waals surface area contributed by atoms with E-state index < -0.39 is 15.6 Å². The molecule has 0 aromatic heterocycles. The van der Waals surface area contributed by atoms with E-state index in [1.807, 2.05) is 0 Å². The van der Waals surface area contributed by atoms with Crippen molar-refractivity contribution < 1.29 is 69.3 Å². The van der Waals surface area contributed by atoms with Crippen molar-refractivity contribution in [2.45, 2.75) is 0 Å². The Bertz CT molecular complexity index is 157. The van der Waals surface area contributed by atoms with E-state index in [2.05, 4.69) is 4.31 Å². The van der Waals surface area contributed by atoms with Gasteiger partial charge in [-0.05, 0) is 0 Å². The Kier molecular flexibility index (Phi) is 9.84. The molecule has 0 heterocycles. The van der Waals surface area contributed by atoms with Crippen molar-refractivity contribution in [3.63, 3.8) is 0 Å². The van der Waals surface area contributed by atoms with Gasteiger partial charge in [0.1, 0.15) is 0 Å². The maximum Gasteiger partial charge on any atom is 2.00 e. The normalized spacial score (nSPS) is 11.3. The first-order chi connectivity index (χ1) is 3.71.